The molecule has 0 spiro atoms. The van der Waals surface area contributed by atoms with Gasteiger partial charge in [-0.05, 0) is 58.6 Å². The lowest BCUT2D eigenvalue weighted by atomic mass is 9.81. The van der Waals surface area contributed by atoms with Gasteiger partial charge in [0.15, 0.2) is 0 Å². The molecule has 0 bridgehead atoms. The van der Waals surface area contributed by atoms with Crippen LogP contribution in [0.2, 0.25) is 5.04 Å². The van der Waals surface area contributed by atoms with Crippen LogP contribution in [0.15, 0.2) is 96.1 Å². The molecule has 39 heavy (non-hydrogen) atoms. The Hall–Kier alpha value is -3.38. The number of rotatable bonds is 8. The molecule has 3 aromatic rings. The molecule has 3 aromatic carbocycles. The smallest absolute Gasteiger partial charge is 0.261 e. The van der Waals surface area contributed by atoms with E-state index in [4.69, 9.17) is 4.43 Å². The van der Waals surface area contributed by atoms with E-state index >= 15 is 0 Å². The highest BCUT2D eigenvalue weighted by atomic mass is 28.4. The predicted molar refractivity (Wildman–Crippen MR) is 158 cm³/mol. The van der Waals surface area contributed by atoms with Gasteiger partial charge in [0, 0.05) is 11.0 Å². The minimum atomic E-state index is -2.73. The summed E-state index contributed by atoms with van der Waals surface area (Å²) in [5.41, 5.74) is 9.43. The summed E-state index contributed by atoms with van der Waals surface area (Å²) in [4.78, 5) is 19.4. The van der Waals surface area contributed by atoms with Crippen LogP contribution in [-0.2, 0) is 15.6 Å². The SMILES string of the molecule is CC(C)(C)[Si](OC[C@@H]1CC[C@H]2CC[C@](Cc3ccccc3)(N=[N+]=[N-])C(=O)N21)(c1ccccc1)c1ccccc1. The Bertz CT molecular complexity index is 1280. The zero-order chi connectivity index (χ0) is 27.5. The molecule has 7 heteroatoms. The second kappa shape index (κ2) is 11.0. The molecule has 0 saturated carbocycles. The Balaban J connectivity index is 1.48. The minimum Gasteiger partial charge on any atom is -0.405 e. The molecule has 0 unspecified atom stereocenters. The minimum absolute atomic E-state index is 0.0473. The van der Waals surface area contributed by atoms with Gasteiger partial charge in [0.2, 0.25) is 5.91 Å². The van der Waals surface area contributed by atoms with Gasteiger partial charge >= 0.3 is 0 Å². The Morgan fingerprint density at radius 1 is 0.923 bits per heavy atom. The Kier molecular flexibility index (Phi) is 7.67. The summed E-state index contributed by atoms with van der Waals surface area (Å²) in [5.74, 6) is -0.0473. The molecule has 2 saturated heterocycles. The van der Waals surface area contributed by atoms with E-state index in [1.54, 1.807) is 0 Å². The molecule has 202 valence electrons. The van der Waals surface area contributed by atoms with Gasteiger partial charge in [-0.2, -0.15) is 0 Å². The van der Waals surface area contributed by atoms with Crippen LogP contribution < -0.4 is 10.4 Å². The zero-order valence-electron chi connectivity index (χ0n) is 23.2. The van der Waals surface area contributed by atoms with Crippen molar-refractivity contribution in [3.63, 3.8) is 0 Å². The lowest BCUT2D eigenvalue weighted by Crippen LogP contribution is -2.67. The molecule has 2 heterocycles. The van der Waals surface area contributed by atoms with Crippen molar-refractivity contribution in [2.75, 3.05) is 6.61 Å². The van der Waals surface area contributed by atoms with E-state index in [2.05, 4.69) is 79.3 Å². The first-order valence-corrected chi connectivity index (χ1v) is 15.9. The fourth-order valence-corrected chi connectivity index (χ4v) is 11.4. The van der Waals surface area contributed by atoms with Crippen molar-refractivity contribution in [3.8, 4) is 0 Å². The fraction of sp³-hybridized carbons (Fsp3) is 0.406. The number of azide groups is 1. The summed E-state index contributed by atoms with van der Waals surface area (Å²) < 4.78 is 7.24. The van der Waals surface area contributed by atoms with Crippen molar-refractivity contribution in [1.29, 1.82) is 0 Å². The lowest BCUT2D eigenvalue weighted by molar-refractivity contribution is -0.144. The van der Waals surface area contributed by atoms with Gasteiger partial charge in [-0.15, -0.1) is 0 Å². The highest BCUT2D eigenvalue weighted by Gasteiger charge is 2.54. The average Bonchev–Trinajstić information content (AvgIpc) is 3.36. The first-order chi connectivity index (χ1) is 18.8. The van der Waals surface area contributed by atoms with E-state index in [1.807, 2.05) is 47.4 Å². The van der Waals surface area contributed by atoms with Gasteiger partial charge in [-0.1, -0.05) is 117 Å². The maximum absolute atomic E-state index is 14.2. The molecule has 5 rings (SSSR count). The average molecular weight is 539 g/mol. The van der Waals surface area contributed by atoms with Gasteiger partial charge in [-0.3, -0.25) is 4.79 Å². The second-order valence-electron chi connectivity index (χ2n) is 12.0. The zero-order valence-corrected chi connectivity index (χ0v) is 24.2. The summed E-state index contributed by atoms with van der Waals surface area (Å²) in [6, 6.07) is 31.2. The topological polar surface area (TPSA) is 78.3 Å². The fourth-order valence-electron chi connectivity index (χ4n) is 6.79. The maximum atomic E-state index is 14.2. The highest BCUT2D eigenvalue weighted by molar-refractivity contribution is 6.99. The van der Waals surface area contributed by atoms with Crippen LogP contribution >= 0.6 is 0 Å². The quantitative estimate of drug-likeness (QED) is 0.152. The van der Waals surface area contributed by atoms with Gasteiger partial charge in [0.1, 0.15) is 5.54 Å². The van der Waals surface area contributed by atoms with Crippen LogP contribution in [0.25, 0.3) is 10.4 Å². The van der Waals surface area contributed by atoms with Crippen LogP contribution in [0.3, 0.4) is 0 Å². The monoisotopic (exact) mass is 538 g/mol. The molecule has 0 aromatic heterocycles. The van der Waals surface area contributed by atoms with Crippen molar-refractivity contribution in [1.82, 2.24) is 4.90 Å². The van der Waals surface area contributed by atoms with Crippen molar-refractivity contribution in [3.05, 3.63) is 107 Å². The Labute approximate surface area is 232 Å². The third-order valence-corrected chi connectivity index (χ3v) is 13.6. The molecule has 0 N–H and O–H groups in total. The summed E-state index contributed by atoms with van der Waals surface area (Å²) >= 11 is 0. The number of carbonyl (C=O) groups is 1. The molecular weight excluding hydrogens is 500 g/mol. The predicted octanol–water partition coefficient (Wildman–Crippen LogP) is 6.01. The molecule has 6 nitrogen and oxygen atoms in total. The number of benzene rings is 3. The highest BCUT2D eigenvalue weighted by Crippen LogP contribution is 2.42. The third-order valence-electron chi connectivity index (χ3n) is 8.63. The van der Waals surface area contributed by atoms with Gasteiger partial charge in [0.25, 0.3) is 8.32 Å². The van der Waals surface area contributed by atoms with Crippen LogP contribution in [-0.4, -0.2) is 43.4 Å². The van der Waals surface area contributed by atoms with Crippen molar-refractivity contribution < 1.29 is 9.22 Å². The number of nitrogens with zero attached hydrogens (tertiary/aromatic N) is 4. The first kappa shape index (κ1) is 27.2. The summed E-state index contributed by atoms with van der Waals surface area (Å²) in [6.07, 6.45) is 3.69. The largest absolute Gasteiger partial charge is 0.405 e. The summed E-state index contributed by atoms with van der Waals surface area (Å²) in [7, 11) is -2.73. The number of fused-ring (bicyclic) bond motifs is 1. The van der Waals surface area contributed by atoms with Gasteiger partial charge < -0.3 is 9.33 Å². The van der Waals surface area contributed by atoms with Crippen LogP contribution in [0.1, 0.15) is 52.0 Å². The second-order valence-corrected chi connectivity index (χ2v) is 16.3. The molecule has 1 amide bonds. The number of hydrogen-bond acceptors (Lipinski definition) is 3. The molecule has 0 radical (unpaired) electrons. The molecule has 2 aliphatic rings. The van der Waals surface area contributed by atoms with E-state index in [1.165, 1.54) is 10.4 Å². The third kappa shape index (κ3) is 5.02. The van der Waals surface area contributed by atoms with Crippen molar-refractivity contribution in [2.24, 2.45) is 5.11 Å². The summed E-state index contributed by atoms with van der Waals surface area (Å²) in [5, 5.41) is 6.51. The first-order valence-electron chi connectivity index (χ1n) is 14.0. The van der Waals surface area contributed by atoms with Gasteiger partial charge in [-0.25, -0.2) is 0 Å². The van der Waals surface area contributed by atoms with E-state index in [-0.39, 0.29) is 23.0 Å². The van der Waals surface area contributed by atoms with Crippen LogP contribution in [0, 0.1) is 0 Å². The molecule has 0 aliphatic carbocycles. The number of piperidine rings is 1. The molecule has 2 fully saturated rings. The molecule has 3 atom stereocenters. The Morgan fingerprint density at radius 3 is 2.03 bits per heavy atom. The van der Waals surface area contributed by atoms with E-state index in [0.717, 1.165) is 24.8 Å². The van der Waals surface area contributed by atoms with Crippen molar-refractivity contribution >= 4 is 24.6 Å². The van der Waals surface area contributed by atoms with E-state index in [9.17, 15) is 10.3 Å². The number of carbonyl (C=O) groups excluding carboxylic acids is 1. The van der Waals surface area contributed by atoms with Crippen molar-refractivity contribution in [2.45, 2.75) is 75.5 Å². The normalized spacial score (nSPS) is 23.3. The number of hydrogen-bond donors (Lipinski definition) is 0. The standard InChI is InChI=1S/C32H38N4O2Si/c1-31(2,3)39(28-15-9-5-10-16-28,29-17-11-6-12-18-29)38-24-27-20-19-26-21-22-32(34-35-33,30(37)36(26)27)23-25-13-7-4-8-14-25/h4-18,26-27H,19-24H2,1-3H3/t26-,27-,32+/m0/s1. The maximum Gasteiger partial charge on any atom is 0.261 e. The Morgan fingerprint density at radius 2 is 1.49 bits per heavy atom. The van der Waals surface area contributed by atoms with Gasteiger partial charge in [0.05, 0.1) is 12.6 Å². The van der Waals surface area contributed by atoms with E-state index < -0.39 is 13.9 Å². The van der Waals surface area contributed by atoms with E-state index in [0.29, 0.717) is 19.4 Å². The molecule has 2 aliphatic heterocycles. The number of amides is 1. The lowest BCUT2D eigenvalue weighted by Gasteiger charge is -2.46. The molecular formula is C32H38N4O2Si. The van der Waals surface area contributed by atoms with Crippen LogP contribution in [0.4, 0.5) is 0 Å². The van der Waals surface area contributed by atoms with Crippen LogP contribution in [0.5, 0.6) is 0 Å². The summed E-state index contributed by atoms with van der Waals surface area (Å²) in [6.45, 7) is 7.28.